The number of anilines is 1. The number of nitrogens with zero attached hydrogens (tertiary/aromatic N) is 1. The van der Waals surface area contributed by atoms with E-state index in [4.69, 9.17) is 4.74 Å². The smallest absolute Gasteiger partial charge is 0.418 e. The van der Waals surface area contributed by atoms with E-state index in [1.165, 1.54) is 30.0 Å². The first-order chi connectivity index (χ1) is 17.8. The Morgan fingerprint density at radius 1 is 0.973 bits per heavy atom. The molecule has 0 spiro atoms. The van der Waals surface area contributed by atoms with E-state index in [2.05, 4.69) is 10.6 Å². The number of methoxy groups -OCH3 is 1. The molecule has 0 saturated carbocycles. The lowest BCUT2D eigenvalue weighted by Gasteiger charge is -2.13. The third kappa shape index (κ3) is 6.45. The van der Waals surface area contributed by atoms with Gasteiger partial charge in [0.15, 0.2) is 0 Å². The van der Waals surface area contributed by atoms with Crippen LogP contribution in [0.3, 0.4) is 0 Å². The topological polar surface area (TPSA) is 72.4 Å². The Kier molecular flexibility index (Phi) is 8.08. The van der Waals surface area contributed by atoms with Crippen LogP contribution in [0.5, 0.6) is 5.75 Å². The van der Waals surface area contributed by atoms with Crippen LogP contribution in [0, 0.1) is 0 Å². The number of hydrogen-bond donors (Lipinski definition) is 2. The molecule has 0 bridgehead atoms. The van der Waals surface area contributed by atoms with Crippen LogP contribution in [0.2, 0.25) is 0 Å². The summed E-state index contributed by atoms with van der Waals surface area (Å²) >= 11 is 1.24. The van der Waals surface area contributed by atoms with Crippen LogP contribution < -0.4 is 15.4 Å². The van der Waals surface area contributed by atoms with E-state index in [0.29, 0.717) is 24.4 Å². The van der Waals surface area contributed by atoms with Crippen LogP contribution in [-0.4, -0.2) is 35.8 Å². The summed E-state index contributed by atoms with van der Waals surface area (Å²) in [5.41, 5.74) is 0.288. The van der Waals surface area contributed by atoms with Crippen molar-refractivity contribution in [3.63, 3.8) is 0 Å². The number of amides is 2. The molecule has 1 heterocycles. The molecule has 0 unspecified atom stereocenters. The Morgan fingerprint density at radius 2 is 1.68 bits per heavy atom. The molecule has 4 aromatic rings. The summed E-state index contributed by atoms with van der Waals surface area (Å²) in [5.74, 6) is -0.137. The highest BCUT2D eigenvalue weighted by Gasteiger charge is 2.33. The number of alkyl halides is 3. The van der Waals surface area contributed by atoms with Crippen molar-refractivity contribution < 1.29 is 27.5 Å². The summed E-state index contributed by atoms with van der Waals surface area (Å²) in [5, 5.41) is 6.17. The van der Waals surface area contributed by atoms with Crippen molar-refractivity contribution in [3.05, 3.63) is 90.1 Å². The largest absolute Gasteiger partial charge is 0.497 e. The van der Waals surface area contributed by atoms with Crippen molar-refractivity contribution in [1.82, 2.24) is 9.88 Å². The van der Waals surface area contributed by atoms with Gasteiger partial charge in [0.05, 0.1) is 24.1 Å². The molecule has 2 N–H and O–H groups in total. The van der Waals surface area contributed by atoms with Gasteiger partial charge in [0.25, 0.3) is 5.91 Å². The van der Waals surface area contributed by atoms with Gasteiger partial charge >= 0.3 is 6.18 Å². The number of thioether (sulfide) groups is 1. The standard InChI is InChI=1S/C27H24F3N3O3S/c1-36-19-12-10-18(11-13-19)26(35)31-14-15-33-16-24(20-6-2-5-9-23(20)33)37-17-25(34)32-22-8-4-3-7-21(22)27(28,29)30/h2-13,16H,14-15,17H2,1H3,(H,31,35)(H,32,34). The molecule has 192 valence electrons. The van der Waals surface area contributed by atoms with E-state index in [1.54, 1.807) is 31.4 Å². The van der Waals surface area contributed by atoms with Gasteiger partial charge in [0, 0.05) is 40.6 Å². The van der Waals surface area contributed by atoms with Crippen molar-refractivity contribution in [2.24, 2.45) is 0 Å². The van der Waals surface area contributed by atoms with E-state index in [9.17, 15) is 22.8 Å². The fraction of sp³-hybridized carbons (Fsp3) is 0.185. The average Bonchev–Trinajstić information content (AvgIpc) is 3.25. The third-order valence-corrected chi connectivity index (χ3v) is 6.65. The number of carbonyl (C=O) groups excluding carboxylic acids is 2. The number of aromatic nitrogens is 1. The lowest BCUT2D eigenvalue weighted by Crippen LogP contribution is -2.27. The molecular formula is C27H24F3N3O3S. The van der Waals surface area contributed by atoms with E-state index >= 15 is 0 Å². The van der Waals surface area contributed by atoms with Crippen LogP contribution in [0.25, 0.3) is 10.9 Å². The molecule has 37 heavy (non-hydrogen) atoms. The molecule has 0 atom stereocenters. The first-order valence-corrected chi connectivity index (χ1v) is 12.3. The van der Waals surface area contributed by atoms with Gasteiger partial charge in [-0.2, -0.15) is 13.2 Å². The maximum absolute atomic E-state index is 13.2. The fourth-order valence-electron chi connectivity index (χ4n) is 3.82. The number of para-hydroxylation sites is 2. The zero-order valence-electron chi connectivity index (χ0n) is 19.8. The molecule has 10 heteroatoms. The van der Waals surface area contributed by atoms with Crippen LogP contribution in [0.4, 0.5) is 18.9 Å². The second-order valence-electron chi connectivity index (χ2n) is 8.07. The van der Waals surface area contributed by atoms with Crippen molar-refractivity contribution >= 4 is 40.2 Å². The number of hydrogen-bond acceptors (Lipinski definition) is 4. The van der Waals surface area contributed by atoms with Gasteiger partial charge in [-0.05, 0) is 42.5 Å². The number of carbonyl (C=O) groups is 2. The minimum Gasteiger partial charge on any atom is -0.497 e. The van der Waals surface area contributed by atoms with Crippen molar-refractivity contribution in [1.29, 1.82) is 0 Å². The number of halogens is 3. The first kappa shape index (κ1) is 26.2. The quantitative estimate of drug-likeness (QED) is 0.269. The minimum atomic E-state index is -4.56. The molecule has 0 aliphatic rings. The van der Waals surface area contributed by atoms with Crippen molar-refractivity contribution in [2.75, 3.05) is 24.7 Å². The zero-order chi connectivity index (χ0) is 26.4. The molecule has 0 saturated heterocycles. The van der Waals surface area contributed by atoms with E-state index in [1.807, 2.05) is 35.0 Å². The normalized spacial score (nSPS) is 11.4. The predicted molar refractivity (Wildman–Crippen MR) is 138 cm³/mol. The molecule has 0 fully saturated rings. The molecule has 2 amide bonds. The highest BCUT2D eigenvalue weighted by atomic mass is 32.2. The SMILES string of the molecule is COc1ccc(C(=O)NCCn2cc(SCC(=O)Nc3ccccc3C(F)(F)F)c3ccccc32)cc1. The summed E-state index contributed by atoms with van der Waals surface area (Å²) in [7, 11) is 1.56. The second kappa shape index (κ2) is 11.4. The molecule has 6 nitrogen and oxygen atoms in total. The maximum Gasteiger partial charge on any atom is 0.418 e. The molecule has 0 aliphatic heterocycles. The number of rotatable bonds is 9. The zero-order valence-corrected chi connectivity index (χ0v) is 20.7. The van der Waals surface area contributed by atoms with Crippen LogP contribution in [0.15, 0.2) is 83.9 Å². The molecule has 0 aliphatic carbocycles. The minimum absolute atomic E-state index is 0.0611. The van der Waals surface area contributed by atoms with E-state index < -0.39 is 17.6 Å². The van der Waals surface area contributed by atoms with Gasteiger partial charge in [0.1, 0.15) is 5.75 Å². The summed E-state index contributed by atoms with van der Waals surface area (Å²) in [6, 6.07) is 19.3. The summed E-state index contributed by atoms with van der Waals surface area (Å²) in [6.07, 6.45) is -2.68. The number of benzene rings is 3. The van der Waals surface area contributed by atoms with Crippen molar-refractivity contribution in [3.8, 4) is 5.75 Å². The summed E-state index contributed by atoms with van der Waals surface area (Å²) in [6.45, 7) is 0.872. The Balaban J connectivity index is 1.39. The molecule has 4 rings (SSSR count). The Morgan fingerprint density at radius 3 is 2.41 bits per heavy atom. The number of fused-ring (bicyclic) bond motifs is 1. The Bertz CT molecular complexity index is 1400. The van der Waals surface area contributed by atoms with Crippen LogP contribution in [0.1, 0.15) is 15.9 Å². The van der Waals surface area contributed by atoms with E-state index in [0.717, 1.165) is 21.9 Å². The predicted octanol–water partition coefficient (Wildman–Crippen LogP) is 5.83. The summed E-state index contributed by atoms with van der Waals surface area (Å²) < 4.78 is 46.7. The van der Waals surface area contributed by atoms with Gasteiger partial charge in [-0.3, -0.25) is 9.59 Å². The fourth-order valence-corrected chi connectivity index (χ4v) is 4.70. The average molecular weight is 528 g/mol. The van der Waals surface area contributed by atoms with E-state index in [-0.39, 0.29) is 17.3 Å². The van der Waals surface area contributed by atoms with Crippen LogP contribution in [-0.2, 0) is 17.5 Å². The Hall–Kier alpha value is -3.92. The van der Waals surface area contributed by atoms with Crippen molar-refractivity contribution in [2.45, 2.75) is 17.6 Å². The highest BCUT2D eigenvalue weighted by molar-refractivity contribution is 8.00. The van der Waals surface area contributed by atoms with Gasteiger partial charge < -0.3 is 19.9 Å². The molecule has 1 aromatic heterocycles. The Labute approximate surface area is 215 Å². The molecular weight excluding hydrogens is 503 g/mol. The number of nitrogens with one attached hydrogen (secondary N) is 2. The highest BCUT2D eigenvalue weighted by Crippen LogP contribution is 2.35. The van der Waals surface area contributed by atoms with Gasteiger partial charge in [-0.15, -0.1) is 11.8 Å². The van der Waals surface area contributed by atoms with Gasteiger partial charge in [-0.25, -0.2) is 0 Å². The van der Waals surface area contributed by atoms with Crippen LogP contribution >= 0.6 is 11.8 Å². The third-order valence-electron chi connectivity index (χ3n) is 5.61. The molecule has 3 aromatic carbocycles. The first-order valence-electron chi connectivity index (χ1n) is 11.4. The lowest BCUT2D eigenvalue weighted by molar-refractivity contribution is -0.137. The second-order valence-corrected chi connectivity index (χ2v) is 9.09. The van der Waals surface area contributed by atoms with Gasteiger partial charge in [-0.1, -0.05) is 30.3 Å². The monoisotopic (exact) mass is 527 g/mol. The lowest BCUT2D eigenvalue weighted by atomic mass is 10.1. The molecule has 0 radical (unpaired) electrons. The van der Waals surface area contributed by atoms with Gasteiger partial charge in [0.2, 0.25) is 5.91 Å². The maximum atomic E-state index is 13.2. The number of ether oxygens (including phenoxy) is 1. The summed E-state index contributed by atoms with van der Waals surface area (Å²) in [4.78, 5) is 25.7.